The number of nitrogens with zero attached hydrogens (tertiary/aromatic N) is 3. The van der Waals surface area contributed by atoms with Crippen LogP contribution in [0.15, 0.2) is 146 Å². The first-order valence-corrected chi connectivity index (χ1v) is 13.7. The van der Waals surface area contributed by atoms with Gasteiger partial charge in [-0.05, 0) is 53.6 Å². The van der Waals surface area contributed by atoms with Gasteiger partial charge in [0.1, 0.15) is 5.82 Å². The lowest BCUT2D eigenvalue weighted by molar-refractivity contribution is 0.960. The standard InChI is InChI=1S/C37H28N4/c1-41-36-23-13-12-22-33(36)40-37(41)30-19-9-11-21-32(30)38-31-20-10-8-18-29(31)35-25-28(26-14-4-2-5-15-26)24-34(39-35)27-16-6-3-7-17-27/h2-25,38H,1H3. The van der Waals surface area contributed by atoms with Crippen molar-refractivity contribution in [1.29, 1.82) is 0 Å². The Morgan fingerprint density at radius 1 is 0.488 bits per heavy atom. The molecule has 0 atom stereocenters. The third-order valence-corrected chi connectivity index (χ3v) is 7.43. The summed E-state index contributed by atoms with van der Waals surface area (Å²) in [6, 6.07) is 50.1. The Balaban J connectivity index is 1.35. The number of anilines is 2. The van der Waals surface area contributed by atoms with Crippen molar-refractivity contribution in [2.75, 3.05) is 5.32 Å². The van der Waals surface area contributed by atoms with Gasteiger partial charge in [-0.2, -0.15) is 0 Å². The molecule has 0 saturated carbocycles. The molecule has 4 nitrogen and oxygen atoms in total. The maximum atomic E-state index is 5.17. The summed E-state index contributed by atoms with van der Waals surface area (Å²) in [6.07, 6.45) is 0. The van der Waals surface area contributed by atoms with Crippen molar-refractivity contribution in [3.05, 3.63) is 146 Å². The number of para-hydroxylation sites is 4. The van der Waals surface area contributed by atoms with Crippen LogP contribution >= 0.6 is 0 Å². The average molecular weight is 529 g/mol. The van der Waals surface area contributed by atoms with Gasteiger partial charge in [-0.15, -0.1) is 0 Å². The molecule has 0 saturated heterocycles. The number of hydrogen-bond acceptors (Lipinski definition) is 3. The number of fused-ring (bicyclic) bond motifs is 1. The number of aromatic nitrogens is 3. The van der Waals surface area contributed by atoms with Crippen LogP contribution in [-0.2, 0) is 7.05 Å². The molecule has 0 unspecified atom stereocenters. The molecule has 0 spiro atoms. The highest BCUT2D eigenvalue weighted by atomic mass is 15.1. The van der Waals surface area contributed by atoms with Crippen molar-refractivity contribution >= 4 is 22.4 Å². The van der Waals surface area contributed by atoms with E-state index in [1.165, 1.54) is 0 Å². The van der Waals surface area contributed by atoms with Crippen LogP contribution in [0, 0.1) is 0 Å². The Labute approximate surface area is 239 Å². The minimum absolute atomic E-state index is 0.911. The molecule has 4 heteroatoms. The zero-order chi connectivity index (χ0) is 27.6. The number of imidazole rings is 1. The molecular weight excluding hydrogens is 500 g/mol. The predicted molar refractivity (Wildman–Crippen MR) is 170 cm³/mol. The fraction of sp³-hybridized carbons (Fsp3) is 0.0270. The van der Waals surface area contributed by atoms with E-state index >= 15 is 0 Å². The summed E-state index contributed by atoms with van der Waals surface area (Å²) < 4.78 is 2.15. The third kappa shape index (κ3) is 4.77. The summed E-state index contributed by atoms with van der Waals surface area (Å²) in [5, 5.41) is 3.73. The topological polar surface area (TPSA) is 42.7 Å². The molecule has 1 N–H and O–H groups in total. The predicted octanol–water partition coefficient (Wildman–Crippen LogP) is 9.38. The van der Waals surface area contributed by atoms with Crippen LogP contribution in [-0.4, -0.2) is 14.5 Å². The highest BCUT2D eigenvalue weighted by Gasteiger charge is 2.16. The van der Waals surface area contributed by atoms with Crippen LogP contribution in [0.2, 0.25) is 0 Å². The maximum Gasteiger partial charge on any atom is 0.142 e. The molecule has 0 radical (unpaired) electrons. The monoisotopic (exact) mass is 528 g/mol. The second kappa shape index (κ2) is 10.6. The van der Waals surface area contributed by atoms with Crippen LogP contribution in [0.5, 0.6) is 0 Å². The third-order valence-electron chi connectivity index (χ3n) is 7.43. The van der Waals surface area contributed by atoms with Crippen LogP contribution in [0.1, 0.15) is 0 Å². The Bertz CT molecular complexity index is 1920. The molecule has 7 aromatic rings. The summed E-state index contributed by atoms with van der Waals surface area (Å²) in [5.41, 5.74) is 11.4. The Morgan fingerprint density at radius 3 is 1.78 bits per heavy atom. The molecule has 2 aromatic heterocycles. The highest BCUT2D eigenvalue weighted by Crippen LogP contribution is 2.37. The van der Waals surface area contributed by atoms with Crippen molar-refractivity contribution in [2.45, 2.75) is 0 Å². The molecule has 0 aliphatic carbocycles. The minimum Gasteiger partial charge on any atom is -0.354 e. The van der Waals surface area contributed by atoms with Crippen molar-refractivity contribution in [2.24, 2.45) is 7.05 Å². The molecule has 41 heavy (non-hydrogen) atoms. The summed E-state index contributed by atoms with van der Waals surface area (Å²) in [6.45, 7) is 0. The van der Waals surface area contributed by atoms with Gasteiger partial charge in [0.25, 0.3) is 0 Å². The molecular formula is C37H28N4. The lowest BCUT2D eigenvalue weighted by atomic mass is 9.99. The van der Waals surface area contributed by atoms with Crippen molar-refractivity contribution in [3.63, 3.8) is 0 Å². The van der Waals surface area contributed by atoms with Gasteiger partial charge in [-0.3, -0.25) is 0 Å². The number of pyridine rings is 1. The second-order valence-corrected chi connectivity index (χ2v) is 10.1. The SMILES string of the molecule is Cn1c(-c2ccccc2Nc2ccccc2-c2cc(-c3ccccc3)cc(-c3ccccc3)n2)nc2ccccc21. The van der Waals surface area contributed by atoms with E-state index in [-0.39, 0.29) is 0 Å². The first kappa shape index (κ1) is 24.6. The lowest BCUT2D eigenvalue weighted by Crippen LogP contribution is -2.00. The Hall–Kier alpha value is -5.48. The zero-order valence-corrected chi connectivity index (χ0v) is 22.7. The molecule has 5 aromatic carbocycles. The number of rotatable bonds is 6. The van der Waals surface area contributed by atoms with Gasteiger partial charge >= 0.3 is 0 Å². The van der Waals surface area contributed by atoms with Gasteiger partial charge in [-0.25, -0.2) is 9.97 Å². The fourth-order valence-electron chi connectivity index (χ4n) is 5.36. The molecule has 7 rings (SSSR count). The minimum atomic E-state index is 0.911. The van der Waals surface area contributed by atoms with E-state index in [0.29, 0.717) is 0 Å². The maximum absolute atomic E-state index is 5.17. The summed E-state index contributed by atoms with van der Waals surface area (Å²) >= 11 is 0. The Morgan fingerprint density at radius 2 is 1.05 bits per heavy atom. The first-order valence-electron chi connectivity index (χ1n) is 13.7. The van der Waals surface area contributed by atoms with E-state index in [0.717, 1.165) is 67.4 Å². The zero-order valence-electron chi connectivity index (χ0n) is 22.7. The van der Waals surface area contributed by atoms with E-state index in [1.807, 2.05) is 18.2 Å². The van der Waals surface area contributed by atoms with Gasteiger partial charge in [-0.1, -0.05) is 103 Å². The molecule has 2 heterocycles. The second-order valence-electron chi connectivity index (χ2n) is 10.1. The van der Waals surface area contributed by atoms with Crippen LogP contribution in [0.4, 0.5) is 11.4 Å². The average Bonchev–Trinajstić information content (AvgIpc) is 3.38. The van der Waals surface area contributed by atoms with Crippen LogP contribution in [0.3, 0.4) is 0 Å². The fourth-order valence-corrected chi connectivity index (χ4v) is 5.36. The van der Waals surface area contributed by atoms with Crippen LogP contribution < -0.4 is 5.32 Å². The van der Waals surface area contributed by atoms with Crippen molar-refractivity contribution in [3.8, 4) is 45.0 Å². The number of aryl methyl sites for hydroxylation is 1. The first-order chi connectivity index (χ1) is 20.2. The number of benzene rings is 5. The van der Waals surface area contributed by atoms with Gasteiger partial charge in [0, 0.05) is 35.1 Å². The van der Waals surface area contributed by atoms with Gasteiger partial charge < -0.3 is 9.88 Å². The Kier molecular flexibility index (Phi) is 6.34. The normalized spacial score (nSPS) is 11.0. The molecule has 0 amide bonds. The molecule has 196 valence electrons. The van der Waals surface area contributed by atoms with E-state index < -0.39 is 0 Å². The smallest absolute Gasteiger partial charge is 0.142 e. The summed E-state index contributed by atoms with van der Waals surface area (Å²) in [5.74, 6) is 0.919. The largest absolute Gasteiger partial charge is 0.354 e. The highest BCUT2D eigenvalue weighted by molar-refractivity contribution is 5.89. The van der Waals surface area contributed by atoms with E-state index in [2.05, 4.69) is 144 Å². The van der Waals surface area contributed by atoms with Gasteiger partial charge in [0.15, 0.2) is 0 Å². The van der Waals surface area contributed by atoms with E-state index in [4.69, 9.17) is 9.97 Å². The van der Waals surface area contributed by atoms with E-state index in [9.17, 15) is 0 Å². The quantitative estimate of drug-likeness (QED) is 0.234. The molecule has 0 fully saturated rings. The van der Waals surface area contributed by atoms with Crippen LogP contribution in [0.25, 0.3) is 56.1 Å². The lowest BCUT2D eigenvalue weighted by Gasteiger charge is -2.16. The molecule has 0 aliphatic heterocycles. The van der Waals surface area contributed by atoms with Gasteiger partial charge in [0.05, 0.1) is 22.4 Å². The van der Waals surface area contributed by atoms with Gasteiger partial charge in [0.2, 0.25) is 0 Å². The van der Waals surface area contributed by atoms with Crippen molar-refractivity contribution < 1.29 is 0 Å². The summed E-state index contributed by atoms with van der Waals surface area (Å²) in [7, 11) is 2.07. The molecule has 0 aliphatic rings. The van der Waals surface area contributed by atoms with E-state index in [1.54, 1.807) is 0 Å². The number of hydrogen-bond donors (Lipinski definition) is 1. The molecule has 0 bridgehead atoms. The summed E-state index contributed by atoms with van der Waals surface area (Å²) in [4.78, 5) is 10.1. The number of nitrogens with one attached hydrogen (secondary N) is 1. The van der Waals surface area contributed by atoms with Crippen molar-refractivity contribution in [1.82, 2.24) is 14.5 Å².